The third-order valence-corrected chi connectivity index (χ3v) is 8.11. The van der Waals surface area contributed by atoms with Gasteiger partial charge in [0, 0.05) is 29.1 Å². The molecule has 0 radical (unpaired) electrons. The number of ether oxygens (including phenoxy) is 1. The molecule has 0 unspecified atom stereocenters. The van der Waals surface area contributed by atoms with Crippen molar-refractivity contribution in [1.82, 2.24) is 24.3 Å². The van der Waals surface area contributed by atoms with Crippen molar-refractivity contribution in [3.63, 3.8) is 0 Å². The Balaban J connectivity index is 1.63. The smallest absolute Gasteiger partial charge is 0.243 e. The number of sulfonamides is 1. The first-order valence-corrected chi connectivity index (χ1v) is 13.3. The molecule has 0 saturated carbocycles. The van der Waals surface area contributed by atoms with Gasteiger partial charge in [0.05, 0.1) is 17.0 Å². The van der Waals surface area contributed by atoms with Gasteiger partial charge in [-0.25, -0.2) is 8.42 Å². The van der Waals surface area contributed by atoms with Crippen LogP contribution in [-0.4, -0.2) is 39.4 Å². The van der Waals surface area contributed by atoms with Gasteiger partial charge in [-0.1, -0.05) is 47.5 Å². The number of benzene rings is 3. The molecule has 3 aromatic carbocycles. The van der Waals surface area contributed by atoms with Gasteiger partial charge in [-0.05, 0) is 72.3 Å². The van der Waals surface area contributed by atoms with Gasteiger partial charge in [0.25, 0.3) is 0 Å². The fraction of sp³-hybridized carbons (Fsp3) is 0.192. The molecule has 0 saturated heterocycles. The molecule has 2 aromatic heterocycles. The van der Waals surface area contributed by atoms with Crippen LogP contribution in [0, 0.1) is 6.92 Å². The van der Waals surface area contributed by atoms with Crippen molar-refractivity contribution in [2.24, 2.45) is 0 Å². The Labute approximate surface area is 214 Å². The first-order valence-electron chi connectivity index (χ1n) is 11.4. The molecule has 0 atom stereocenters. The van der Waals surface area contributed by atoms with E-state index in [1.807, 2.05) is 56.3 Å². The van der Waals surface area contributed by atoms with Crippen LogP contribution in [0.25, 0.3) is 16.6 Å². The van der Waals surface area contributed by atoms with Gasteiger partial charge in [0.15, 0.2) is 5.65 Å². The van der Waals surface area contributed by atoms with Crippen LogP contribution in [0.3, 0.4) is 0 Å². The molecule has 0 N–H and O–H groups in total. The van der Waals surface area contributed by atoms with Crippen molar-refractivity contribution in [3.05, 3.63) is 94.5 Å². The van der Waals surface area contributed by atoms with Crippen LogP contribution in [0.4, 0.5) is 0 Å². The second kappa shape index (κ2) is 9.85. The van der Waals surface area contributed by atoms with Crippen LogP contribution in [0.1, 0.15) is 23.6 Å². The van der Waals surface area contributed by atoms with Crippen LogP contribution < -0.4 is 4.74 Å². The molecule has 8 nitrogen and oxygen atoms in total. The highest BCUT2D eigenvalue weighted by Crippen LogP contribution is 2.28. The molecule has 5 rings (SSSR count). The maximum Gasteiger partial charge on any atom is 0.243 e. The molecule has 184 valence electrons. The maximum absolute atomic E-state index is 13.8. The van der Waals surface area contributed by atoms with Crippen LogP contribution in [0.2, 0.25) is 5.02 Å². The second-order valence-corrected chi connectivity index (χ2v) is 10.8. The topological polar surface area (TPSA) is 89.7 Å². The average molecular weight is 522 g/mol. The van der Waals surface area contributed by atoms with E-state index in [1.165, 1.54) is 4.31 Å². The Morgan fingerprint density at radius 1 is 0.972 bits per heavy atom. The lowest BCUT2D eigenvalue weighted by Gasteiger charge is -2.23. The van der Waals surface area contributed by atoms with E-state index in [1.54, 1.807) is 34.8 Å². The van der Waals surface area contributed by atoms with Crippen molar-refractivity contribution in [2.45, 2.75) is 31.8 Å². The summed E-state index contributed by atoms with van der Waals surface area (Å²) < 4.78 is 36.4. The molecule has 0 spiro atoms. The van der Waals surface area contributed by atoms with Gasteiger partial charge in [-0.2, -0.15) is 8.82 Å². The van der Waals surface area contributed by atoms with E-state index in [2.05, 4.69) is 15.5 Å². The van der Waals surface area contributed by atoms with E-state index in [4.69, 9.17) is 16.3 Å². The highest BCUT2D eigenvalue weighted by molar-refractivity contribution is 7.89. The Morgan fingerprint density at radius 2 is 1.72 bits per heavy atom. The summed E-state index contributed by atoms with van der Waals surface area (Å²) in [6, 6.07) is 21.6. The number of pyridine rings is 1. The minimum Gasteiger partial charge on any atom is -0.494 e. The number of rotatable bonds is 8. The van der Waals surface area contributed by atoms with E-state index < -0.39 is 10.0 Å². The van der Waals surface area contributed by atoms with Crippen molar-refractivity contribution in [3.8, 4) is 5.75 Å². The van der Waals surface area contributed by atoms with E-state index in [9.17, 15) is 8.42 Å². The lowest BCUT2D eigenvalue weighted by Crippen LogP contribution is -2.30. The van der Waals surface area contributed by atoms with E-state index in [0.29, 0.717) is 34.2 Å². The summed E-state index contributed by atoms with van der Waals surface area (Å²) in [6.07, 6.45) is 0. The van der Waals surface area contributed by atoms with E-state index >= 15 is 0 Å². The van der Waals surface area contributed by atoms with Crippen LogP contribution in [0.15, 0.2) is 77.7 Å². The molecule has 5 aromatic rings. The SMILES string of the molecule is CCOc1ccc2c(c1)cc(CN(Cc1ccccc1Cl)S(=O)(=O)c1ccc(C)cc1)c1nnnn12. The number of aromatic nitrogens is 4. The highest BCUT2D eigenvalue weighted by Gasteiger charge is 2.27. The summed E-state index contributed by atoms with van der Waals surface area (Å²) in [6.45, 7) is 4.49. The Bertz CT molecular complexity index is 1650. The largest absolute Gasteiger partial charge is 0.494 e. The number of aryl methyl sites for hydroxylation is 1. The van der Waals surface area contributed by atoms with Crippen LogP contribution in [-0.2, 0) is 23.1 Å². The lowest BCUT2D eigenvalue weighted by atomic mass is 10.1. The molecule has 0 fully saturated rings. The predicted octanol–water partition coefficient (Wildman–Crippen LogP) is 5.03. The van der Waals surface area contributed by atoms with Gasteiger partial charge >= 0.3 is 0 Å². The molecule has 0 aliphatic rings. The number of hydrogen-bond donors (Lipinski definition) is 0. The molecular weight excluding hydrogens is 498 g/mol. The second-order valence-electron chi connectivity index (χ2n) is 8.42. The molecule has 10 heteroatoms. The minimum atomic E-state index is -3.88. The third kappa shape index (κ3) is 4.65. The highest BCUT2D eigenvalue weighted by atomic mass is 35.5. The first-order chi connectivity index (χ1) is 17.4. The molecule has 36 heavy (non-hydrogen) atoms. The number of nitrogens with zero attached hydrogens (tertiary/aromatic N) is 5. The quantitative estimate of drug-likeness (QED) is 0.284. The number of halogens is 1. The Hall–Kier alpha value is -3.53. The zero-order valence-corrected chi connectivity index (χ0v) is 21.4. The normalized spacial score (nSPS) is 12.0. The Morgan fingerprint density at radius 3 is 2.47 bits per heavy atom. The van der Waals surface area contributed by atoms with Crippen molar-refractivity contribution < 1.29 is 13.2 Å². The first kappa shape index (κ1) is 24.2. The molecule has 2 heterocycles. The monoisotopic (exact) mass is 521 g/mol. The fourth-order valence-corrected chi connectivity index (χ4v) is 5.70. The molecule has 0 aliphatic heterocycles. The van der Waals surface area contributed by atoms with Crippen LogP contribution >= 0.6 is 11.6 Å². The lowest BCUT2D eigenvalue weighted by molar-refractivity contribution is 0.340. The summed E-state index contributed by atoms with van der Waals surface area (Å²) in [5.41, 5.74) is 3.60. The van der Waals surface area contributed by atoms with Gasteiger partial charge in [0.1, 0.15) is 5.75 Å². The molecule has 0 amide bonds. The third-order valence-electron chi connectivity index (χ3n) is 5.93. The van der Waals surface area contributed by atoms with Gasteiger partial charge in [-0.3, -0.25) is 0 Å². The maximum atomic E-state index is 13.8. The zero-order chi connectivity index (χ0) is 25.3. The molecule has 0 bridgehead atoms. The van der Waals surface area contributed by atoms with Gasteiger partial charge in [0.2, 0.25) is 10.0 Å². The summed E-state index contributed by atoms with van der Waals surface area (Å²) in [5, 5.41) is 13.5. The number of hydrogen-bond acceptors (Lipinski definition) is 6. The minimum absolute atomic E-state index is 0.0418. The fourth-order valence-electron chi connectivity index (χ4n) is 4.11. The summed E-state index contributed by atoms with van der Waals surface area (Å²) in [7, 11) is -3.88. The molecular formula is C26H24ClN5O3S. The number of fused-ring (bicyclic) bond motifs is 3. The van der Waals surface area contributed by atoms with Crippen molar-refractivity contribution >= 4 is 38.2 Å². The standard InChI is InChI=1S/C26H24ClN5O3S/c1-3-35-22-10-13-25-20(15-22)14-21(26-28-29-30-32(25)26)17-31(16-19-6-4-5-7-24(19)27)36(33,34)23-11-8-18(2)9-12-23/h4-15H,3,16-17H2,1-2H3. The van der Waals surface area contributed by atoms with Crippen LogP contribution in [0.5, 0.6) is 5.75 Å². The Kier molecular flexibility index (Phi) is 6.61. The van der Waals surface area contributed by atoms with Gasteiger partial charge in [-0.15, -0.1) is 5.10 Å². The summed E-state index contributed by atoms with van der Waals surface area (Å²) in [5.74, 6) is 0.712. The average Bonchev–Trinajstić information content (AvgIpc) is 3.36. The summed E-state index contributed by atoms with van der Waals surface area (Å²) >= 11 is 6.42. The molecule has 0 aliphatic carbocycles. The summed E-state index contributed by atoms with van der Waals surface area (Å²) in [4.78, 5) is 0.204. The van der Waals surface area contributed by atoms with Gasteiger partial charge < -0.3 is 4.74 Å². The zero-order valence-electron chi connectivity index (χ0n) is 19.8. The predicted molar refractivity (Wildman–Crippen MR) is 139 cm³/mol. The van der Waals surface area contributed by atoms with E-state index in [-0.39, 0.29) is 18.0 Å². The van der Waals surface area contributed by atoms with Crippen molar-refractivity contribution in [1.29, 1.82) is 0 Å². The van der Waals surface area contributed by atoms with Crippen molar-refractivity contribution in [2.75, 3.05) is 6.61 Å². The van der Waals surface area contributed by atoms with E-state index in [0.717, 1.165) is 16.5 Å². The number of tetrazole rings is 1.